The predicted molar refractivity (Wildman–Crippen MR) is 109 cm³/mol. The van der Waals surface area contributed by atoms with Crippen molar-refractivity contribution in [1.82, 2.24) is 24.9 Å². The molecular weight excluding hydrogens is 405 g/mol. The first kappa shape index (κ1) is 18.9. The van der Waals surface area contributed by atoms with E-state index in [1.54, 1.807) is 6.20 Å². The van der Waals surface area contributed by atoms with Crippen LogP contribution in [0.15, 0.2) is 57.9 Å². The number of amides is 2. The minimum absolute atomic E-state index is 0. The third-order valence-corrected chi connectivity index (χ3v) is 5.26. The first-order valence-electron chi connectivity index (χ1n) is 9.63. The van der Waals surface area contributed by atoms with Crippen LogP contribution in [0.25, 0.3) is 22.4 Å². The van der Waals surface area contributed by atoms with Gasteiger partial charge in [0.1, 0.15) is 17.3 Å². The number of piperidine rings is 1. The summed E-state index contributed by atoms with van der Waals surface area (Å²) >= 11 is 0. The molecule has 31 heavy (non-hydrogen) atoms. The van der Waals surface area contributed by atoms with Gasteiger partial charge in [-0.3, -0.25) is 19.5 Å². The van der Waals surface area contributed by atoms with Crippen LogP contribution in [0.2, 0.25) is 0 Å². The van der Waals surface area contributed by atoms with E-state index >= 15 is 4.39 Å². The van der Waals surface area contributed by atoms with Gasteiger partial charge in [0.25, 0.3) is 0 Å². The molecule has 5 rings (SSSR count). The van der Waals surface area contributed by atoms with Crippen molar-refractivity contribution in [2.24, 2.45) is 0 Å². The van der Waals surface area contributed by atoms with Crippen molar-refractivity contribution >= 4 is 22.9 Å². The van der Waals surface area contributed by atoms with Gasteiger partial charge in [0.15, 0.2) is 11.4 Å². The van der Waals surface area contributed by atoms with Gasteiger partial charge in [-0.2, -0.15) is 0 Å². The lowest BCUT2D eigenvalue weighted by Crippen LogP contribution is -2.43. The smallest absolute Gasteiger partial charge is 0.408 e. The predicted octanol–water partition coefficient (Wildman–Crippen LogP) is 2.26. The van der Waals surface area contributed by atoms with Gasteiger partial charge < -0.3 is 4.42 Å². The van der Waals surface area contributed by atoms with Crippen LogP contribution in [0.4, 0.5) is 4.39 Å². The van der Waals surface area contributed by atoms with Crippen molar-refractivity contribution in [3.8, 4) is 11.3 Å². The molecule has 1 atom stereocenters. The van der Waals surface area contributed by atoms with E-state index in [0.717, 1.165) is 10.1 Å². The Kier molecular flexibility index (Phi) is 4.46. The van der Waals surface area contributed by atoms with Gasteiger partial charge in [0, 0.05) is 19.0 Å². The fraction of sp³-hybridized carbons (Fsp3) is 0.190. The first-order chi connectivity index (χ1) is 15.0. The second-order valence-electron chi connectivity index (χ2n) is 7.26. The summed E-state index contributed by atoms with van der Waals surface area (Å²) in [6, 6.07) is 11.4. The summed E-state index contributed by atoms with van der Waals surface area (Å²) in [5.74, 6) is -2.63. The van der Waals surface area contributed by atoms with Gasteiger partial charge in [0.2, 0.25) is 11.8 Å². The Bertz CT molecular complexity index is 1380. The third kappa shape index (κ3) is 3.31. The van der Waals surface area contributed by atoms with Crippen LogP contribution in [0, 0.1) is 5.82 Å². The monoisotopic (exact) mass is 423 g/mol. The largest absolute Gasteiger partial charge is 0.420 e. The molecule has 0 saturated carbocycles. The maximum atomic E-state index is 15.4. The number of carbonyl (C=O) groups is 2. The number of carbonyl (C=O) groups excluding carboxylic acids is 2. The zero-order chi connectivity index (χ0) is 21.5. The summed E-state index contributed by atoms with van der Waals surface area (Å²) in [7, 11) is 0. The Morgan fingerprint density at radius 3 is 2.74 bits per heavy atom. The lowest BCUT2D eigenvalue weighted by molar-refractivity contribution is -0.135. The molecule has 1 aliphatic heterocycles. The Hall–Kier alpha value is -4.08. The quantitative estimate of drug-likeness (QED) is 0.504. The lowest BCUT2D eigenvalue weighted by Gasteiger charge is -2.21. The minimum atomic E-state index is -1.02. The van der Waals surface area contributed by atoms with Crippen LogP contribution in [0.1, 0.15) is 25.9 Å². The number of oxazole rings is 1. The summed E-state index contributed by atoms with van der Waals surface area (Å²) in [5.41, 5.74) is 1.69. The Morgan fingerprint density at radius 2 is 1.97 bits per heavy atom. The Labute approximate surface area is 175 Å². The van der Waals surface area contributed by atoms with Crippen molar-refractivity contribution < 1.29 is 19.8 Å². The van der Waals surface area contributed by atoms with E-state index in [0.29, 0.717) is 5.69 Å². The van der Waals surface area contributed by atoms with Gasteiger partial charge in [-0.1, -0.05) is 41.6 Å². The second kappa shape index (κ2) is 7.31. The highest BCUT2D eigenvalue weighted by Gasteiger charge is 2.32. The van der Waals surface area contributed by atoms with E-state index in [-0.39, 0.29) is 37.5 Å². The highest BCUT2D eigenvalue weighted by Crippen LogP contribution is 2.27. The molecule has 1 saturated heterocycles. The van der Waals surface area contributed by atoms with E-state index in [2.05, 4.69) is 15.6 Å². The van der Waals surface area contributed by atoms with E-state index in [9.17, 15) is 14.4 Å². The number of hydrogen-bond acceptors (Lipinski definition) is 6. The molecule has 10 heteroatoms. The second-order valence-corrected chi connectivity index (χ2v) is 7.26. The topological polar surface area (TPSA) is 112 Å². The number of imide groups is 1. The van der Waals surface area contributed by atoms with Gasteiger partial charge in [0.05, 0.1) is 12.7 Å². The van der Waals surface area contributed by atoms with E-state index in [1.165, 1.54) is 16.8 Å². The molecule has 3 heterocycles. The SMILES string of the molecule is O=C1CCC(n2c(=O)oc3ccc(Cn4cc(-c5ccccc5)nn4)c(F)c32)C(=O)N1.[HH]. The van der Waals surface area contributed by atoms with Gasteiger partial charge >= 0.3 is 5.76 Å². The molecule has 1 unspecified atom stereocenters. The number of halogens is 1. The number of hydrogen-bond donors (Lipinski definition) is 1. The summed E-state index contributed by atoms with van der Waals surface area (Å²) in [6.07, 6.45) is 1.84. The van der Waals surface area contributed by atoms with Crippen LogP contribution in [-0.4, -0.2) is 31.4 Å². The number of aromatic nitrogens is 4. The standard InChI is InChI=1S/C21H16FN5O4.H2/c22-18-13(10-26-11-14(24-25-26)12-4-2-1-3-5-12)6-8-16-19(18)27(21(30)31-16)15-7-9-17(28)23-20(15)29;/h1-6,8,11,15H,7,9-10H2,(H,23,28,29);1H. The number of benzene rings is 2. The lowest BCUT2D eigenvalue weighted by atomic mass is 10.1. The van der Waals surface area contributed by atoms with Gasteiger partial charge in [-0.25, -0.2) is 13.9 Å². The van der Waals surface area contributed by atoms with Crippen LogP contribution in [0.3, 0.4) is 0 Å². The zero-order valence-electron chi connectivity index (χ0n) is 16.1. The molecule has 1 aliphatic rings. The summed E-state index contributed by atoms with van der Waals surface area (Å²) in [4.78, 5) is 36.1. The maximum absolute atomic E-state index is 15.4. The summed E-state index contributed by atoms with van der Waals surface area (Å²) in [6.45, 7) is 0.0658. The van der Waals surface area contributed by atoms with Gasteiger partial charge in [-0.15, -0.1) is 5.10 Å². The highest BCUT2D eigenvalue weighted by atomic mass is 19.1. The molecule has 0 spiro atoms. The third-order valence-electron chi connectivity index (χ3n) is 5.26. The molecule has 158 valence electrons. The zero-order valence-corrected chi connectivity index (χ0v) is 16.1. The Morgan fingerprint density at radius 1 is 1.16 bits per heavy atom. The van der Waals surface area contributed by atoms with Crippen molar-refractivity contribution in [2.75, 3.05) is 0 Å². The van der Waals surface area contributed by atoms with Crippen LogP contribution in [-0.2, 0) is 16.1 Å². The van der Waals surface area contributed by atoms with Crippen LogP contribution < -0.4 is 11.1 Å². The average Bonchev–Trinajstić information content (AvgIpc) is 3.35. The molecule has 0 bridgehead atoms. The molecule has 1 N–H and O–H groups in total. The molecule has 0 radical (unpaired) electrons. The van der Waals surface area contributed by atoms with Crippen LogP contribution >= 0.6 is 0 Å². The molecule has 9 nitrogen and oxygen atoms in total. The molecule has 0 aliphatic carbocycles. The molecule has 1 fully saturated rings. The van der Waals surface area contributed by atoms with E-state index < -0.39 is 29.4 Å². The summed E-state index contributed by atoms with van der Waals surface area (Å²) < 4.78 is 23.0. The normalized spacial score (nSPS) is 16.6. The molecule has 4 aromatic rings. The van der Waals surface area contributed by atoms with E-state index in [1.807, 2.05) is 30.3 Å². The number of fused-ring (bicyclic) bond motifs is 1. The van der Waals surface area contributed by atoms with E-state index in [4.69, 9.17) is 4.42 Å². The number of nitrogens with zero attached hydrogens (tertiary/aromatic N) is 4. The van der Waals surface area contributed by atoms with Crippen LogP contribution in [0.5, 0.6) is 0 Å². The minimum Gasteiger partial charge on any atom is -0.408 e. The van der Waals surface area contributed by atoms with Gasteiger partial charge in [-0.05, 0) is 12.5 Å². The molecule has 2 aromatic carbocycles. The van der Waals surface area contributed by atoms with Crippen molar-refractivity contribution in [3.63, 3.8) is 0 Å². The van der Waals surface area contributed by atoms with Crippen molar-refractivity contribution in [2.45, 2.75) is 25.4 Å². The molecule has 2 amide bonds. The fourth-order valence-corrected chi connectivity index (χ4v) is 3.76. The molecular formula is C21H18FN5O4. The average molecular weight is 423 g/mol. The van der Waals surface area contributed by atoms with Crippen molar-refractivity contribution in [3.05, 3.63) is 70.6 Å². The van der Waals surface area contributed by atoms with Crippen molar-refractivity contribution in [1.29, 1.82) is 0 Å². The number of nitrogens with one attached hydrogen (secondary N) is 1. The fourth-order valence-electron chi connectivity index (χ4n) is 3.76. The Balaban J connectivity index is 0.00000245. The maximum Gasteiger partial charge on any atom is 0.420 e. The first-order valence-corrected chi connectivity index (χ1v) is 9.63. The highest BCUT2D eigenvalue weighted by molar-refractivity contribution is 6.00. The number of rotatable bonds is 4. The summed E-state index contributed by atoms with van der Waals surface area (Å²) in [5, 5.41) is 10.3. The molecule has 2 aromatic heterocycles.